The van der Waals surface area contributed by atoms with Gasteiger partial charge in [-0.15, -0.1) is 0 Å². The Hall–Kier alpha value is -2.54. The normalized spacial score (nSPS) is 16.1. The van der Waals surface area contributed by atoms with Gasteiger partial charge in [0.15, 0.2) is 0 Å². The molecular weight excluding hydrogens is 250 g/mol. The van der Waals surface area contributed by atoms with E-state index in [1.807, 2.05) is 18.2 Å². The van der Waals surface area contributed by atoms with Crippen molar-refractivity contribution in [2.75, 3.05) is 5.32 Å². The smallest absolute Gasteiger partial charge is 0.225 e. The number of amides is 1. The minimum absolute atomic E-state index is 0.0573. The average molecular weight is 265 g/mol. The third-order valence-electron chi connectivity index (χ3n) is 3.74. The van der Waals surface area contributed by atoms with Gasteiger partial charge in [0.25, 0.3) is 0 Å². The first-order valence-corrected chi connectivity index (χ1v) is 6.53. The Morgan fingerprint density at radius 2 is 2.05 bits per heavy atom. The highest BCUT2D eigenvalue weighted by Gasteiger charge is 2.32. The van der Waals surface area contributed by atoms with E-state index in [9.17, 15) is 4.79 Å². The number of nitrogens with zero attached hydrogens (tertiary/aromatic N) is 1. The zero-order valence-corrected chi connectivity index (χ0v) is 11.4. The number of hydrogen-bond donors (Lipinski definition) is 2. The summed E-state index contributed by atoms with van der Waals surface area (Å²) in [6.45, 7) is 4.15. The van der Waals surface area contributed by atoms with Crippen LogP contribution in [0.4, 0.5) is 5.69 Å². The van der Waals surface area contributed by atoms with Gasteiger partial charge in [0, 0.05) is 23.2 Å². The Kier molecular flexibility index (Phi) is 2.65. The molecule has 0 unspecified atom stereocenters. The van der Waals surface area contributed by atoms with Crippen LogP contribution in [0.15, 0.2) is 30.3 Å². The molecule has 0 aliphatic carbocycles. The number of nitriles is 1. The van der Waals surface area contributed by atoms with Crippen LogP contribution < -0.4 is 5.32 Å². The maximum atomic E-state index is 11.7. The third-order valence-corrected chi connectivity index (χ3v) is 3.74. The second-order valence-corrected chi connectivity index (χ2v) is 5.77. The van der Waals surface area contributed by atoms with E-state index in [-0.39, 0.29) is 11.3 Å². The van der Waals surface area contributed by atoms with Crippen molar-refractivity contribution in [3.63, 3.8) is 0 Å². The number of anilines is 1. The Balaban J connectivity index is 2.09. The lowest BCUT2D eigenvalue weighted by atomic mass is 9.77. The minimum Gasteiger partial charge on any atom is -0.346 e. The Morgan fingerprint density at radius 1 is 1.25 bits per heavy atom. The monoisotopic (exact) mass is 265 g/mol. The van der Waals surface area contributed by atoms with Crippen molar-refractivity contribution < 1.29 is 4.79 Å². The van der Waals surface area contributed by atoms with Gasteiger partial charge in [-0.25, -0.2) is 0 Å². The molecule has 1 aliphatic heterocycles. The first-order valence-electron chi connectivity index (χ1n) is 6.53. The molecule has 20 heavy (non-hydrogen) atoms. The fourth-order valence-corrected chi connectivity index (χ4v) is 2.70. The zero-order valence-electron chi connectivity index (χ0n) is 11.4. The van der Waals surface area contributed by atoms with E-state index in [4.69, 9.17) is 5.26 Å². The number of nitrogens with one attached hydrogen (secondary N) is 2. The second kappa shape index (κ2) is 4.24. The molecule has 4 heteroatoms. The summed E-state index contributed by atoms with van der Waals surface area (Å²) in [5.41, 5.74) is 4.31. The molecule has 100 valence electrons. The summed E-state index contributed by atoms with van der Waals surface area (Å²) in [5.74, 6) is 0.0573. The van der Waals surface area contributed by atoms with Gasteiger partial charge in [-0.2, -0.15) is 5.26 Å². The molecule has 0 spiro atoms. The SMILES string of the molecule is CC1(C)CC(=O)Nc2ccc(-c3ccc(C#N)[nH]3)cc21. The van der Waals surface area contributed by atoms with Crippen molar-refractivity contribution in [3.05, 3.63) is 41.6 Å². The highest BCUT2D eigenvalue weighted by atomic mass is 16.1. The lowest BCUT2D eigenvalue weighted by molar-refractivity contribution is -0.117. The summed E-state index contributed by atoms with van der Waals surface area (Å²) >= 11 is 0. The molecule has 0 radical (unpaired) electrons. The predicted octanol–water partition coefficient (Wildman–Crippen LogP) is 3.17. The lowest BCUT2D eigenvalue weighted by Gasteiger charge is -2.32. The standard InChI is InChI=1S/C16H15N3O/c1-16(2)8-15(20)19-14-5-3-10(7-12(14)16)13-6-4-11(9-17)18-13/h3-7,18H,8H2,1-2H3,(H,19,20). The van der Waals surface area contributed by atoms with Crippen molar-refractivity contribution in [3.8, 4) is 17.3 Å². The van der Waals surface area contributed by atoms with Crippen molar-refractivity contribution in [1.29, 1.82) is 5.26 Å². The first kappa shape index (κ1) is 12.5. The molecule has 3 rings (SSSR count). The van der Waals surface area contributed by atoms with E-state index >= 15 is 0 Å². The van der Waals surface area contributed by atoms with E-state index in [1.54, 1.807) is 6.07 Å². The van der Waals surface area contributed by atoms with Gasteiger partial charge in [0.2, 0.25) is 5.91 Å². The number of carbonyl (C=O) groups excluding carboxylic acids is 1. The summed E-state index contributed by atoms with van der Waals surface area (Å²) in [7, 11) is 0. The van der Waals surface area contributed by atoms with Crippen LogP contribution in [0.5, 0.6) is 0 Å². The van der Waals surface area contributed by atoms with Crippen LogP contribution in [-0.4, -0.2) is 10.9 Å². The highest BCUT2D eigenvalue weighted by molar-refractivity contribution is 5.96. The van der Waals surface area contributed by atoms with E-state index in [0.717, 1.165) is 22.5 Å². The van der Waals surface area contributed by atoms with Gasteiger partial charge in [-0.05, 0) is 35.4 Å². The highest BCUT2D eigenvalue weighted by Crippen LogP contribution is 2.39. The van der Waals surface area contributed by atoms with Crippen LogP contribution in [0.25, 0.3) is 11.3 Å². The molecule has 1 aromatic heterocycles. The van der Waals surface area contributed by atoms with E-state index in [2.05, 4.69) is 36.3 Å². The van der Waals surface area contributed by atoms with Crippen molar-refractivity contribution >= 4 is 11.6 Å². The van der Waals surface area contributed by atoms with Gasteiger partial charge < -0.3 is 10.3 Å². The number of aromatic amines is 1. The maximum Gasteiger partial charge on any atom is 0.225 e. The molecule has 2 heterocycles. The van der Waals surface area contributed by atoms with E-state index < -0.39 is 0 Å². The molecule has 2 aromatic rings. The molecule has 1 aromatic carbocycles. The molecule has 0 saturated heterocycles. The third kappa shape index (κ3) is 1.97. The molecule has 0 bridgehead atoms. The van der Waals surface area contributed by atoms with Gasteiger partial charge in [0.1, 0.15) is 11.8 Å². The van der Waals surface area contributed by atoms with E-state index in [1.165, 1.54) is 0 Å². The minimum atomic E-state index is -0.182. The van der Waals surface area contributed by atoms with Crippen LogP contribution in [0.2, 0.25) is 0 Å². The summed E-state index contributed by atoms with van der Waals surface area (Å²) in [6.07, 6.45) is 0.484. The second-order valence-electron chi connectivity index (χ2n) is 5.77. The first-order chi connectivity index (χ1) is 9.49. The van der Waals surface area contributed by atoms with Gasteiger partial charge >= 0.3 is 0 Å². The summed E-state index contributed by atoms with van der Waals surface area (Å²) in [5, 5.41) is 11.8. The number of benzene rings is 1. The number of fused-ring (bicyclic) bond motifs is 1. The van der Waals surface area contributed by atoms with Crippen LogP contribution >= 0.6 is 0 Å². The molecular formula is C16H15N3O. The number of hydrogen-bond acceptors (Lipinski definition) is 2. The Morgan fingerprint density at radius 3 is 2.75 bits per heavy atom. The Labute approximate surface area is 117 Å². The maximum absolute atomic E-state index is 11.7. The van der Waals surface area contributed by atoms with Crippen molar-refractivity contribution in [2.45, 2.75) is 25.7 Å². The number of carbonyl (C=O) groups is 1. The quantitative estimate of drug-likeness (QED) is 0.831. The van der Waals surface area contributed by atoms with Crippen LogP contribution in [0.1, 0.15) is 31.5 Å². The van der Waals surface area contributed by atoms with Gasteiger partial charge in [0.05, 0.1) is 0 Å². The average Bonchev–Trinajstić information content (AvgIpc) is 2.86. The summed E-state index contributed by atoms with van der Waals surface area (Å²) < 4.78 is 0. The molecule has 2 N–H and O–H groups in total. The fourth-order valence-electron chi connectivity index (χ4n) is 2.70. The fraction of sp³-hybridized carbons (Fsp3) is 0.250. The molecule has 0 fully saturated rings. The molecule has 0 atom stereocenters. The lowest BCUT2D eigenvalue weighted by Crippen LogP contribution is -2.32. The van der Waals surface area contributed by atoms with E-state index in [0.29, 0.717) is 12.1 Å². The molecule has 1 amide bonds. The summed E-state index contributed by atoms with van der Waals surface area (Å²) in [6, 6.07) is 11.7. The van der Waals surface area contributed by atoms with Crippen molar-refractivity contribution in [1.82, 2.24) is 4.98 Å². The largest absolute Gasteiger partial charge is 0.346 e. The predicted molar refractivity (Wildman–Crippen MR) is 77.2 cm³/mol. The Bertz CT molecular complexity index is 734. The zero-order chi connectivity index (χ0) is 14.3. The number of rotatable bonds is 1. The molecule has 4 nitrogen and oxygen atoms in total. The number of aromatic nitrogens is 1. The van der Waals surface area contributed by atoms with Crippen LogP contribution in [-0.2, 0) is 10.2 Å². The molecule has 0 saturated carbocycles. The topological polar surface area (TPSA) is 68.7 Å². The number of H-pyrrole nitrogens is 1. The van der Waals surface area contributed by atoms with Gasteiger partial charge in [-0.1, -0.05) is 19.9 Å². The van der Waals surface area contributed by atoms with Crippen LogP contribution in [0.3, 0.4) is 0 Å². The van der Waals surface area contributed by atoms with Crippen molar-refractivity contribution in [2.24, 2.45) is 0 Å². The molecule has 1 aliphatic rings. The van der Waals surface area contributed by atoms with Crippen LogP contribution in [0, 0.1) is 11.3 Å². The van der Waals surface area contributed by atoms with Gasteiger partial charge in [-0.3, -0.25) is 4.79 Å². The summed E-state index contributed by atoms with van der Waals surface area (Å²) in [4.78, 5) is 14.8.